The van der Waals surface area contributed by atoms with Crippen LogP contribution in [0, 0.1) is 0 Å². The van der Waals surface area contributed by atoms with Crippen molar-refractivity contribution in [2.24, 2.45) is 0 Å². The van der Waals surface area contributed by atoms with Gasteiger partial charge in [0.2, 0.25) is 0 Å². The summed E-state index contributed by atoms with van der Waals surface area (Å²) in [5.74, 6) is 0.629. The third-order valence-electron chi connectivity index (χ3n) is 3.83. The van der Waals surface area contributed by atoms with Gasteiger partial charge in [0.05, 0.1) is 0 Å². The number of thiophene rings is 2. The first-order valence-corrected chi connectivity index (χ1v) is 29.4. The van der Waals surface area contributed by atoms with Gasteiger partial charge >= 0.3 is 148 Å². The van der Waals surface area contributed by atoms with Crippen molar-refractivity contribution >= 4 is 65.2 Å². The van der Waals surface area contributed by atoms with E-state index in [-0.39, 0.29) is 0 Å². The molecule has 0 bridgehead atoms. The molecule has 0 saturated heterocycles. The summed E-state index contributed by atoms with van der Waals surface area (Å²) in [6.45, 7) is 2.34. The van der Waals surface area contributed by atoms with Gasteiger partial charge in [-0.05, 0) is 0 Å². The van der Waals surface area contributed by atoms with Crippen molar-refractivity contribution in [3.05, 3.63) is 34.0 Å². The summed E-state index contributed by atoms with van der Waals surface area (Å²) in [6, 6.07) is 9.68. The van der Waals surface area contributed by atoms with Crippen LogP contribution in [0.2, 0.25) is 29.6 Å². The van der Waals surface area contributed by atoms with Crippen LogP contribution in [0.3, 0.4) is 0 Å². The van der Waals surface area contributed by atoms with E-state index in [1.165, 1.54) is 6.42 Å². The van der Waals surface area contributed by atoms with Gasteiger partial charge in [-0.2, -0.15) is 0 Å². The molecule has 0 spiro atoms. The van der Waals surface area contributed by atoms with Crippen LogP contribution in [-0.2, 0) is 0 Å². The van der Waals surface area contributed by atoms with Crippen LogP contribution in [0.4, 0.5) is 0 Å². The second kappa shape index (κ2) is 6.86. The molecule has 0 N–H and O–H groups in total. The van der Waals surface area contributed by atoms with Crippen molar-refractivity contribution in [3.8, 4) is 0 Å². The van der Waals surface area contributed by atoms with Crippen LogP contribution in [0.25, 0.3) is 0 Å². The maximum absolute atomic E-state index is 2.52. The van der Waals surface area contributed by atoms with Crippen molar-refractivity contribution in [1.29, 1.82) is 0 Å². The summed E-state index contributed by atoms with van der Waals surface area (Å²) in [5, 5.41) is 0. The van der Waals surface area contributed by atoms with E-state index in [1.807, 2.05) is 0 Å². The van der Waals surface area contributed by atoms with Gasteiger partial charge in [-0.25, -0.2) is 0 Å². The van der Waals surface area contributed by atoms with Crippen molar-refractivity contribution in [2.75, 3.05) is 0 Å². The Morgan fingerprint density at radius 3 is 1.38 bits per heavy atom. The van der Waals surface area contributed by atoms with E-state index in [9.17, 15) is 0 Å². The number of hydrogen-bond donors (Lipinski definition) is 0. The molecule has 0 aliphatic heterocycles. The molecular weight excluding hydrogens is 506 g/mol. The molecular formula is C17H28S2Sn2. The second-order valence-corrected chi connectivity index (χ2v) is 40.9. The summed E-state index contributed by atoms with van der Waals surface area (Å²) in [5.41, 5.74) is 0. The Balaban J connectivity index is 2.32. The minimum atomic E-state index is -1.90. The fourth-order valence-electron chi connectivity index (χ4n) is 2.43. The number of hydrogen-bond acceptors (Lipinski definition) is 2. The Morgan fingerprint density at radius 1 is 0.762 bits per heavy atom. The molecule has 0 nitrogen and oxygen atoms in total. The first-order valence-electron chi connectivity index (χ1n) is 7.83. The van der Waals surface area contributed by atoms with Crippen LogP contribution in [-0.4, -0.2) is 36.8 Å². The predicted octanol–water partition coefficient (Wildman–Crippen LogP) is 5.44. The van der Waals surface area contributed by atoms with Gasteiger partial charge in [0.15, 0.2) is 0 Å². The zero-order chi connectivity index (χ0) is 15.8. The fraction of sp³-hybridized carbons (Fsp3) is 0.529. The molecule has 0 aliphatic carbocycles. The predicted molar refractivity (Wildman–Crippen MR) is 107 cm³/mol. The first-order chi connectivity index (χ1) is 9.63. The van der Waals surface area contributed by atoms with E-state index < -0.39 is 36.8 Å². The van der Waals surface area contributed by atoms with Crippen LogP contribution >= 0.6 is 22.7 Å². The molecule has 2 aromatic heterocycles. The second-order valence-electron chi connectivity index (χ2n) is 7.86. The molecule has 0 fully saturated rings. The van der Waals surface area contributed by atoms with Crippen molar-refractivity contribution < 1.29 is 0 Å². The topological polar surface area (TPSA) is 0 Å². The van der Waals surface area contributed by atoms with Crippen molar-refractivity contribution in [1.82, 2.24) is 0 Å². The Kier molecular flexibility index (Phi) is 5.99. The SMILES string of the molecule is CCC(c1cc[c]([Sn]([CH3])([CH3])[CH3])s1)c1cc[c]([Sn]([CH3])([CH3])[CH3])s1. The molecule has 2 aromatic rings. The Labute approximate surface area is 146 Å². The quantitative estimate of drug-likeness (QED) is 0.449. The van der Waals surface area contributed by atoms with E-state index in [1.54, 1.807) is 15.5 Å². The molecule has 21 heavy (non-hydrogen) atoms. The summed E-state index contributed by atoms with van der Waals surface area (Å²) in [7, 11) is 0. The Bertz CT molecular complexity index is 545. The van der Waals surface area contributed by atoms with Gasteiger partial charge in [-0.3, -0.25) is 0 Å². The van der Waals surface area contributed by atoms with Crippen molar-refractivity contribution in [3.63, 3.8) is 0 Å². The molecule has 4 heteroatoms. The van der Waals surface area contributed by atoms with Crippen LogP contribution < -0.4 is 5.79 Å². The standard InChI is InChI=1S/C11H10S2.6CH3.2Sn/c1-2-9(10-5-3-7-12-10)11-6-4-8-13-11;;;;;;;;/h3-6,9H,2H2,1H3;6*1H3;;. The van der Waals surface area contributed by atoms with Crippen LogP contribution in [0.1, 0.15) is 29.0 Å². The van der Waals surface area contributed by atoms with Gasteiger partial charge in [0.1, 0.15) is 0 Å². The summed E-state index contributed by atoms with van der Waals surface area (Å²) >= 11 is 0.407. The van der Waals surface area contributed by atoms with E-state index in [0.29, 0.717) is 5.92 Å². The van der Waals surface area contributed by atoms with Gasteiger partial charge in [-0.1, -0.05) is 0 Å². The normalized spacial score (nSPS) is 13.1. The van der Waals surface area contributed by atoms with Gasteiger partial charge in [0, 0.05) is 0 Å². The molecule has 0 saturated carbocycles. The Hall–Kier alpha value is 0.997. The molecule has 0 amide bonds. The minimum absolute atomic E-state index is 0.629. The van der Waals surface area contributed by atoms with Crippen LogP contribution in [0.5, 0.6) is 0 Å². The molecule has 2 heterocycles. The molecule has 116 valence electrons. The third kappa shape index (κ3) is 4.51. The van der Waals surface area contributed by atoms with E-state index in [4.69, 9.17) is 0 Å². The molecule has 0 aliphatic rings. The van der Waals surface area contributed by atoms with E-state index in [2.05, 4.69) is 83.5 Å². The molecule has 0 unspecified atom stereocenters. The summed E-state index contributed by atoms with van der Waals surface area (Å²) < 4.78 is 3.43. The van der Waals surface area contributed by atoms with E-state index >= 15 is 0 Å². The zero-order valence-electron chi connectivity index (χ0n) is 14.4. The zero-order valence-corrected chi connectivity index (χ0v) is 21.8. The maximum atomic E-state index is 2.52. The van der Waals surface area contributed by atoms with Gasteiger partial charge in [0.25, 0.3) is 0 Å². The average Bonchev–Trinajstić information content (AvgIpc) is 2.96. The molecule has 0 atom stereocenters. The third-order valence-corrected chi connectivity index (χ3v) is 25.2. The van der Waals surface area contributed by atoms with Crippen LogP contribution in [0.15, 0.2) is 24.3 Å². The average molecular weight is 534 g/mol. The molecule has 0 aromatic carbocycles. The summed E-state index contributed by atoms with van der Waals surface area (Å²) in [6.07, 6.45) is 1.22. The molecule has 2 rings (SSSR count). The fourth-order valence-corrected chi connectivity index (χ4v) is 15.6. The van der Waals surface area contributed by atoms with Crippen molar-refractivity contribution in [2.45, 2.75) is 48.9 Å². The van der Waals surface area contributed by atoms with Gasteiger partial charge < -0.3 is 0 Å². The first kappa shape index (κ1) is 18.3. The van der Waals surface area contributed by atoms with E-state index in [0.717, 1.165) is 0 Å². The summed E-state index contributed by atoms with van der Waals surface area (Å²) in [4.78, 5) is 18.3. The molecule has 0 radical (unpaired) electrons. The van der Waals surface area contributed by atoms with Gasteiger partial charge in [-0.15, -0.1) is 0 Å². The monoisotopic (exact) mass is 536 g/mol. The Morgan fingerprint density at radius 2 is 1.14 bits per heavy atom. The number of rotatable bonds is 5.